The summed E-state index contributed by atoms with van der Waals surface area (Å²) in [5.74, 6) is -16.2. The highest BCUT2D eigenvalue weighted by Gasteiger charge is 2.76. The maximum absolute atomic E-state index is 12.9. The van der Waals surface area contributed by atoms with E-state index in [0.29, 0.717) is 6.21 Å². The third-order valence-electron chi connectivity index (χ3n) is 2.29. The number of hydrazone groups is 1. The standard InChI is InChI=1S/C11H6F8N2O/c12-7-3-1-6(2-4-7)5-20-21-8(22)9(13,14)10(15,16)11(17,18)19/h1-5H,(H,21,22)/b20-5-. The summed E-state index contributed by atoms with van der Waals surface area (Å²) in [5, 5.41) is 2.81. The van der Waals surface area contributed by atoms with Gasteiger partial charge in [-0.05, 0) is 17.7 Å². The molecule has 0 aliphatic carbocycles. The molecule has 0 bridgehead atoms. The number of benzene rings is 1. The lowest BCUT2D eigenvalue weighted by Crippen LogP contribution is -2.58. The molecule has 1 rings (SSSR count). The molecule has 0 radical (unpaired) electrons. The van der Waals surface area contributed by atoms with E-state index < -0.39 is 29.7 Å². The first-order chi connectivity index (χ1) is 9.89. The van der Waals surface area contributed by atoms with Gasteiger partial charge in [0.1, 0.15) is 5.82 Å². The van der Waals surface area contributed by atoms with Crippen LogP contribution in [0.15, 0.2) is 29.4 Å². The van der Waals surface area contributed by atoms with Crippen LogP contribution in [-0.4, -0.2) is 30.1 Å². The molecular formula is C11H6F8N2O. The van der Waals surface area contributed by atoms with Crippen molar-refractivity contribution < 1.29 is 39.9 Å². The van der Waals surface area contributed by atoms with Crippen LogP contribution in [0.1, 0.15) is 5.56 Å². The maximum atomic E-state index is 12.9. The second-order valence-electron chi connectivity index (χ2n) is 3.90. The monoisotopic (exact) mass is 334 g/mol. The van der Waals surface area contributed by atoms with Crippen LogP contribution in [0, 0.1) is 5.82 Å². The summed E-state index contributed by atoms with van der Waals surface area (Å²) in [4.78, 5) is 10.8. The molecule has 0 heterocycles. The highest BCUT2D eigenvalue weighted by Crippen LogP contribution is 2.46. The Balaban J connectivity index is 2.81. The van der Waals surface area contributed by atoms with Crippen LogP contribution in [0.3, 0.4) is 0 Å². The van der Waals surface area contributed by atoms with Gasteiger partial charge in [0, 0.05) is 0 Å². The third-order valence-corrected chi connectivity index (χ3v) is 2.29. The van der Waals surface area contributed by atoms with Crippen LogP contribution in [0.5, 0.6) is 0 Å². The van der Waals surface area contributed by atoms with Crippen LogP contribution in [0.4, 0.5) is 35.1 Å². The first-order valence-electron chi connectivity index (χ1n) is 5.31. The first-order valence-corrected chi connectivity index (χ1v) is 5.31. The first kappa shape index (κ1) is 17.9. The normalized spacial score (nSPS) is 13.5. The average molecular weight is 334 g/mol. The molecule has 1 N–H and O–H groups in total. The van der Waals surface area contributed by atoms with E-state index in [2.05, 4.69) is 5.10 Å². The number of nitrogens with one attached hydrogen (secondary N) is 1. The van der Waals surface area contributed by atoms with Gasteiger partial charge in [-0.25, -0.2) is 9.82 Å². The number of hydrogen-bond donors (Lipinski definition) is 1. The van der Waals surface area contributed by atoms with E-state index in [1.54, 1.807) is 0 Å². The fraction of sp³-hybridized carbons (Fsp3) is 0.273. The molecule has 22 heavy (non-hydrogen) atoms. The number of rotatable bonds is 4. The summed E-state index contributed by atoms with van der Waals surface area (Å²) in [7, 11) is 0. The van der Waals surface area contributed by atoms with Crippen molar-refractivity contribution in [2.75, 3.05) is 0 Å². The van der Waals surface area contributed by atoms with E-state index in [-0.39, 0.29) is 5.56 Å². The van der Waals surface area contributed by atoms with E-state index in [0.717, 1.165) is 29.7 Å². The van der Waals surface area contributed by atoms with E-state index in [4.69, 9.17) is 0 Å². The summed E-state index contributed by atoms with van der Waals surface area (Å²) in [6, 6.07) is 4.06. The topological polar surface area (TPSA) is 41.5 Å². The molecule has 11 heteroatoms. The van der Waals surface area contributed by atoms with Crippen LogP contribution in [0.25, 0.3) is 0 Å². The summed E-state index contributed by atoms with van der Waals surface area (Å²) >= 11 is 0. The highest BCUT2D eigenvalue weighted by molar-refractivity contribution is 5.86. The van der Waals surface area contributed by atoms with Gasteiger partial charge < -0.3 is 0 Å². The van der Waals surface area contributed by atoms with Gasteiger partial charge in [-0.2, -0.15) is 35.8 Å². The number of nitrogens with zero attached hydrogens (tertiary/aromatic N) is 1. The van der Waals surface area contributed by atoms with Crippen molar-refractivity contribution in [1.29, 1.82) is 0 Å². The van der Waals surface area contributed by atoms with Gasteiger partial charge in [0.05, 0.1) is 6.21 Å². The molecule has 0 saturated carbocycles. The predicted octanol–water partition coefficient (Wildman–Crippen LogP) is 3.11. The van der Waals surface area contributed by atoms with E-state index >= 15 is 0 Å². The second-order valence-corrected chi connectivity index (χ2v) is 3.90. The van der Waals surface area contributed by atoms with Crippen molar-refractivity contribution in [3.8, 4) is 0 Å². The summed E-state index contributed by atoms with van der Waals surface area (Å²) < 4.78 is 98.8. The summed E-state index contributed by atoms with van der Waals surface area (Å²) in [5.41, 5.74) is 0.947. The van der Waals surface area contributed by atoms with E-state index in [9.17, 15) is 39.9 Å². The SMILES string of the molecule is O=C(N/N=C\c1ccc(F)cc1)C(F)(F)C(F)(F)C(F)(F)F. The van der Waals surface area contributed by atoms with Gasteiger partial charge in [-0.3, -0.25) is 4.79 Å². The molecule has 0 saturated heterocycles. The Labute approximate surface area is 117 Å². The van der Waals surface area contributed by atoms with Gasteiger partial charge in [-0.1, -0.05) is 12.1 Å². The summed E-state index contributed by atoms with van der Waals surface area (Å²) in [6.07, 6.45) is -5.96. The lowest BCUT2D eigenvalue weighted by Gasteiger charge is -2.26. The maximum Gasteiger partial charge on any atom is 0.460 e. The van der Waals surface area contributed by atoms with Gasteiger partial charge in [0.2, 0.25) is 0 Å². The van der Waals surface area contributed by atoms with Gasteiger partial charge in [-0.15, -0.1) is 0 Å². The second kappa shape index (κ2) is 5.89. The average Bonchev–Trinajstić information content (AvgIpc) is 2.39. The van der Waals surface area contributed by atoms with Crippen molar-refractivity contribution in [2.24, 2.45) is 5.10 Å². The van der Waals surface area contributed by atoms with Crippen molar-refractivity contribution in [3.05, 3.63) is 35.6 Å². The molecule has 0 atom stereocenters. The largest absolute Gasteiger partial charge is 0.460 e. The number of amides is 1. The van der Waals surface area contributed by atoms with E-state index in [1.807, 2.05) is 0 Å². The third kappa shape index (κ3) is 3.52. The Bertz CT molecular complexity index is 564. The van der Waals surface area contributed by atoms with E-state index in [1.165, 1.54) is 0 Å². The predicted molar refractivity (Wildman–Crippen MR) is 58.1 cm³/mol. The van der Waals surface area contributed by atoms with Gasteiger partial charge in [0.15, 0.2) is 0 Å². The number of halogens is 8. The Hall–Kier alpha value is -2.20. The zero-order valence-electron chi connectivity index (χ0n) is 10.3. The van der Waals surface area contributed by atoms with Gasteiger partial charge >= 0.3 is 23.9 Å². The fourth-order valence-corrected chi connectivity index (χ4v) is 1.11. The minimum atomic E-state index is -6.62. The van der Waals surface area contributed by atoms with Crippen LogP contribution in [0.2, 0.25) is 0 Å². The number of carbonyl (C=O) groups is 1. The smallest absolute Gasteiger partial charge is 0.266 e. The van der Waals surface area contributed by atoms with Crippen LogP contribution < -0.4 is 5.43 Å². The number of alkyl halides is 7. The van der Waals surface area contributed by atoms with Crippen LogP contribution in [-0.2, 0) is 4.79 Å². The van der Waals surface area contributed by atoms with Crippen LogP contribution >= 0.6 is 0 Å². The summed E-state index contributed by atoms with van der Waals surface area (Å²) in [6.45, 7) is 0. The molecule has 3 nitrogen and oxygen atoms in total. The minimum absolute atomic E-state index is 0.0765. The Morgan fingerprint density at radius 3 is 1.95 bits per heavy atom. The molecule has 1 amide bonds. The molecule has 0 fully saturated rings. The molecule has 0 aromatic heterocycles. The lowest BCUT2D eigenvalue weighted by molar-refractivity contribution is -0.344. The molecule has 122 valence electrons. The number of hydrogen-bond acceptors (Lipinski definition) is 2. The number of carbonyl (C=O) groups excluding carboxylic acids is 1. The van der Waals surface area contributed by atoms with Crippen molar-refractivity contribution in [3.63, 3.8) is 0 Å². The Kier molecular flexibility index (Phi) is 4.78. The fourth-order valence-electron chi connectivity index (χ4n) is 1.11. The molecule has 0 spiro atoms. The quantitative estimate of drug-likeness (QED) is 0.513. The molecule has 0 aliphatic heterocycles. The molecule has 1 aromatic carbocycles. The molecule has 0 aliphatic rings. The zero-order valence-corrected chi connectivity index (χ0v) is 10.3. The minimum Gasteiger partial charge on any atom is -0.266 e. The zero-order chi connectivity index (χ0) is 17.2. The molecule has 1 aromatic rings. The Morgan fingerprint density at radius 2 is 1.50 bits per heavy atom. The molecule has 0 unspecified atom stereocenters. The van der Waals surface area contributed by atoms with Crippen molar-refractivity contribution >= 4 is 12.1 Å². The lowest BCUT2D eigenvalue weighted by atomic mass is 10.1. The molecular weight excluding hydrogens is 328 g/mol. The van der Waals surface area contributed by atoms with Crippen molar-refractivity contribution in [2.45, 2.75) is 18.0 Å². The van der Waals surface area contributed by atoms with Crippen molar-refractivity contribution in [1.82, 2.24) is 5.43 Å². The van der Waals surface area contributed by atoms with Gasteiger partial charge in [0.25, 0.3) is 0 Å². The Morgan fingerprint density at radius 1 is 1.00 bits per heavy atom. The highest BCUT2D eigenvalue weighted by atomic mass is 19.4.